The van der Waals surface area contributed by atoms with Crippen molar-refractivity contribution < 1.29 is 19.1 Å². The van der Waals surface area contributed by atoms with Crippen LogP contribution >= 0.6 is 0 Å². The summed E-state index contributed by atoms with van der Waals surface area (Å²) in [6, 6.07) is 5.36. The maximum Gasteiger partial charge on any atom is 0.316 e. The summed E-state index contributed by atoms with van der Waals surface area (Å²) in [6.45, 7) is 1.54. The standard InChI is InChI=1S/C17H17N3O4/c1-23-16(22)17-9-20(7-11(17)8-24-10-17)15(21)12-3-2-4-13-14(12)19-6-5-18-13/h2-6,11H,7-10H2,1H3/t11-,17-/m0/s1. The van der Waals surface area contributed by atoms with Crippen molar-refractivity contribution >= 4 is 22.9 Å². The van der Waals surface area contributed by atoms with Gasteiger partial charge in [0.1, 0.15) is 10.9 Å². The maximum absolute atomic E-state index is 13.0. The van der Waals surface area contributed by atoms with Gasteiger partial charge in [0.05, 0.1) is 31.4 Å². The third kappa shape index (κ3) is 2.08. The van der Waals surface area contributed by atoms with E-state index < -0.39 is 5.41 Å². The predicted molar refractivity (Wildman–Crippen MR) is 84.2 cm³/mol. The second kappa shape index (κ2) is 5.52. The highest BCUT2D eigenvalue weighted by Gasteiger charge is 2.57. The van der Waals surface area contributed by atoms with Gasteiger partial charge >= 0.3 is 5.97 Å². The number of nitrogens with zero attached hydrogens (tertiary/aromatic N) is 3. The van der Waals surface area contributed by atoms with Crippen molar-refractivity contribution in [2.45, 2.75) is 0 Å². The van der Waals surface area contributed by atoms with Gasteiger partial charge in [-0.05, 0) is 12.1 Å². The molecule has 7 nitrogen and oxygen atoms in total. The van der Waals surface area contributed by atoms with Crippen LogP contribution in [0.4, 0.5) is 0 Å². The first-order valence-electron chi connectivity index (χ1n) is 7.81. The van der Waals surface area contributed by atoms with Crippen molar-refractivity contribution in [2.75, 3.05) is 33.4 Å². The normalized spacial score (nSPS) is 25.7. The third-order valence-electron chi connectivity index (χ3n) is 4.98. The van der Waals surface area contributed by atoms with Crippen LogP contribution in [-0.4, -0.2) is 60.2 Å². The molecule has 0 unspecified atom stereocenters. The summed E-state index contributed by atoms with van der Waals surface area (Å²) in [5, 5.41) is 0. The number of hydrogen-bond acceptors (Lipinski definition) is 6. The van der Waals surface area contributed by atoms with E-state index in [0.29, 0.717) is 42.9 Å². The van der Waals surface area contributed by atoms with Gasteiger partial charge in [-0.25, -0.2) is 0 Å². The van der Waals surface area contributed by atoms with Crippen molar-refractivity contribution in [1.29, 1.82) is 0 Å². The number of rotatable bonds is 2. The van der Waals surface area contributed by atoms with E-state index in [-0.39, 0.29) is 17.8 Å². The van der Waals surface area contributed by atoms with Crippen LogP contribution in [0.2, 0.25) is 0 Å². The van der Waals surface area contributed by atoms with Crippen LogP contribution in [0.15, 0.2) is 30.6 Å². The minimum Gasteiger partial charge on any atom is -0.468 e. The van der Waals surface area contributed by atoms with Crippen molar-refractivity contribution in [3.05, 3.63) is 36.2 Å². The quantitative estimate of drug-likeness (QED) is 0.762. The molecule has 2 aliphatic rings. The molecule has 2 atom stereocenters. The monoisotopic (exact) mass is 327 g/mol. The highest BCUT2D eigenvalue weighted by Crippen LogP contribution is 2.42. The molecule has 1 aromatic carbocycles. The molecule has 7 heteroatoms. The molecule has 2 saturated heterocycles. The summed E-state index contributed by atoms with van der Waals surface area (Å²) in [5.74, 6) is -0.480. The van der Waals surface area contributed by atoms with Gasteiger partial charge in [-0.2, -0.15) is 0 Å². The minimum absolute atomic E-state index is 0.0324. The maximum atomic E-state index is 13.0. The largest absolute Gasteiger partial charge is 0.468 e. The van der Waals surface area contributed by atoms with Gasteiger partial charge in [-0.15, -0.1) is 0 Å². The van der Waals surface area contributed by atoms with E-state index in [0.717, 1.165) is 0 Å². The molecular formula is C17H17N3O4. The molecule has 0 saturated carbocycles. The number of aromatic nitrogens is 2. The molecule has 124 valence electrons. The molecule has 1 aromatic heterocycles. The van der Waals surface area contributed by atoms with Gasteiger partial charge in [0.2, 0.25) is 0 Å². The fraction of sp³-hybridized carbons (Fsp3) is 0.412. The Morgan fingerprint density at radius 3 is 3.00 bits per heavy atom. The van der Waals surface area contributed by atoms with Crippen molar-refractivity contribution in [1.82, 2.24) is 14.9 Å². The number of likely N-dealkylation sites (tertiary alicyclic amines) is 1. The van der Waals surface area contributed by atoms with Gasteiger partial charge in [0, 0.05) is 31.4 Å². The SMILES string of the molecule is COC(=O)[C@@]12COC[C@@H]1CN(C(=O)c1cccc3nccnc13)C2. The second-order valence-electron chi connectivity index (χ2n) is 6.28. The lowest BCUT2D eigenvalue weighted by Crippen LogP contribution is -2.41. The molecule has 24 heavy (non-hydrogen) atoms. The third-order valence-corrected chi connectivity index (χ3v) is 4.98. The lowest BCUT2D eigenvalue weighted by atomic mass is 9.81. The number of carbonyl (C=O) groups excluding carboxylic acids is 2. The molecule has 0 radical (unpaired) electrons. The van der Waals surface area contributed by atoms with Crippen LogP contribution in [0.3, 0.4) is 0 Å². The fourth-order valence-corrected chi connectivity index (χ4v) is 3.72. The molecule has 4 rings (SSSR count). The van der Waals surface area contributed by atoms with Crippen LogP contribution in [0.1, 0.15) is 10.4 Å². The summed E-state index contributed by atoms with van der Waals surface area (Å²) < 4.78 is 10.4. The molecule has 0 N–H and O–H groups in total. The Morgan fingerprint density at radius 1 is 1.33 bits per heavy atom. The van der Waals surface area contributed by atoms with Gasteiger partial charge in [0.15, 0.2) is 0 Å². The van der Waals surface area contributed by atoms with E-state index in [9.17, 15) is 9.59 Å². The predicted octanol–water partition coefficient (Wildman–Crippen LogP) is 0.891. The highest BCUT2D eigenvalue weighted by molar-refractivity contribution is 6.05. The van der Waals surface area contributed by atoms with Crippen molar-refractivity contribution in [3.8, 4) is 0 Å². The Hall–Kier alpha value is -2.54. The molecule has 3 heterocycles. The first-order valence-corrected chi connectivity index (χ1v) is 7.81. The van der Waals surface area contributed by atoms with E-state index >= 15 is 0 Å². The number of amides is 1. The molecule has 2 aliphatic heterocycles. The Kier molecular flexibility index (Phi) is 3.45. The van der Waals surface area contributed by atoms with E-state index in [1.54, 1.807) is 29.4 Å². The second-order valence-corrected chi connectivity index (χ2v) is 6.28. The van der Waals surface area contributed by atoms with Crippen molar-refractivity contribution in [3.63, 3.8) is 0 Å². The summed E-state index contributed by atoms with van der Waals surface area (Å²) in [6.07, 6.45) is 3.17. The average Bonchev–Trinajstić information content (AvgIpc) is 3.18. The number of hydrogen-bond donors (Lipinski definition) is 0. The molecule has 0 aliphatic carbocycles. The molecule has 1 amide bonds. The summed E-state index contributed by atoms with van der Waals surface area (Å²) in [7, 11) is 1.37. The number of para-hydroxylation sites is 1. The topological polar surface area (TPSA) is 81.6 Å². The Labute approximate surface area is 138 Å². The number of fused-ring (bicyclic) bond motifs is 2. The van der Waals surface area contributed by atoms with Crippen molar-refractivity contribution in [2.24, 2.45) is 11.3 Å². The first-order chi connectivity index (χ1) is 11.7. The molecule has 0 spiro atoms. The number of esters is 1. The molecular weight excluding hydrogens is 310 g/mol. The highest BCUT2D eigenvalue weighted by atomic mass is 16.5. The van der Waals surface area contributed by atoms with E-state index in [1.807, 2.05) is 6.07 Å². The zero-order chi connectivity index (χ0) is 16.7. The Bertz CT molecular complexity index is 819. The zero-order valence-corrected chi connectivity index (χ0v) is 13.3. The van der Waals surface area contributed by atoms with Gasteiger partial charge < -0.3 is 14.4 Å². The fourth-order valence-electron chi connectivity index (χ4n) is 3.72. The van der Waals surface area contributed by atoms with Crippen LogP contribution in [0.25, 0.3) is 11.0 Å². The van der Waals surface area contributed by atoms with Gasteiger partial charge in [-0.1, -0.05) is 6.07 Å². The lowest BCUT2D eigenvalue weighted by molar-refractivity contribution is -0.153. The summed E-state index contributed by atoms with van der Waals surface area (Å²) in [4.78, 5) is 35.5. The zero-order valence-electron chi connectivity index (χ0n) is 13.3. The average molecular weight is 327 g/mol. The van der Waals surface area contributed by atoms with Crippen LogP contribution in [0.5, 0.6) is 0 Å². The smallest absolute Gasteiger partial charge is 0.316 e. The number of ether oxygens (including phenoxy) is 2. The Balaban J connectivity index is 1.68. The molecule has 2 fully saturated rings. The van der Waals surface area contributed by atoms with Gasteiger partial charge in [-0.3, -0.25) is 19.6 Å². The van der Waals surface area contributed by atoms with Gasteiger partial charge in [0.25, 0.3) is 5.91 Å². The van der Waals surface area contributed by atoms with Crippen LogP contribution in [0, 0.1) is 11.3 Å². The number of methoxy groups -OCH3 is 1. The van der Waals surface area contributed by atoms with E-state index in [2.05, 4.69) is 9.97 Å². The van der Waals surface area contributed by atoms with Crippen LogP contribution < -0.4 is 0 Å². The minimum atomic E-state index is -0.749. The molecule has 2 aromatic rings. The van der Waals surface area contributed by atoms with E-state index in [4.69, 9.17) is 9.47 Å². The van der Waals surface area contributed by atoms with E-state index in [1.165, 1.54) is 7.11 Å². The summed E-state index contributed by atoms with van der Waals surface area (Å²) in [5.41, 5.74) is 1.00. The summed E-state index contributed by atoms with van der Waals surface area (Å²) >= 11 is 0. The Morgan fingerprint density at radius 2 is 2.17 bits per heavy atom. The lowest BCUT2D eigenvalue weighted by Gasteiger charge is -2.24. The van der Waals surface area contributed by atoms with Crippen LogP contribution in [-0.2, 0) is 14.3 Å². The number of benzene rings is 1. The first kappa shape index (κ1) is 15.0. The number of carbonyl (C=O) groups is 2. The molecule has 0 bridgehead atoms.